The van der Waals surface area contributed by atoms with Gasteiger partial charge in [-0.05, 0) is 37.3 Å². The third-order valence-electron chi connectivity index (χ3n) is 4.67. The normalized spacial score (nSPS) is 11.5. The van der Waals surface area contributed by atoms with E-state index in [4.69, 9.17) is 4.74 Å². The van der Waals surface area contributed by atoms with Crippen LogP contribution in [0.3, 0.4) is 0 Å². The third kappa shape index (κ3) is 4.35. The topological polar surface area (TPSA) is 109 Å². The van der Waals surface area contributed by atoms with Crippen LogP contribution in [0.2, 0.25) is 0 Å². The zero-order valence-corrected chi connectivity index (χ0v) is 16.9. The van der Waals surface area contributed by atoms with Crippen LogP contribution < -0.4 is 11.0 Å². The van der Waals surface area contributed by atoms with Crippen molar-refractivity contribution in [2.45, 2.75) is 19.8 Å². The van der Waals surface area contributed by atoms with E-state index in [1.165, 1.54) is 25.1 Å². The number of carbonyl (C=O) groups excluding carboxylic acids is 1. The molecule has 0 saturated heterocycles. The lowest BCUT2D eigenvalue weighted by Gasteiger charge is -2.13. The number of benzene rings is 2. The number of nitrogens with zero attached hydrogens (tertiary/aromatic N) is 5. The summed E-state index contributed by atoms with van der Waals surface area (Å²) in [6, 6.07) is 11.7. The fourth-order valence-electron chi connectivity index (χ4n) is 3.06. The van der Waals surface area contributed by atoms with Crippen LogP contribution in [0.25, 0.3) is 16.6 Å². The minimum Gasteiger partial charge on any atom is -0.437 e. The van der Waals surface area contributed by atoms with Crippen molar-refractivity contribution in [2.75, 3.05) is 0 Å². The summed E-state index contributed by atoms with van der Waals surface area (Å²) in [4.78, 5) is 37.2. The molecule has 168 valence electrons. The molecule has 0 N–H and O–H groups in total. The van der Waals surface area contributed by atoms with Crippen molar-refractivity contribution in [1.29, 1.82) is 0 Å². The monoisotopic (exact) mass is 457 g/mol. The van der Waals surface area contributed by atoms with Crippen molar-refractivity contribution >= 4 is 16.9 Å². The molecule has 4 rings (SSSR count). The number of alkyl halides is 3. The standard InChI is InChI=1S/C21H14F3N5O4/c1-12-9-17(30)18(26-29(12)14-6-4-5-13(10-14)21(22,23)24)20(32)33-11-28-19(31)15-7-2-3-8-16(15)25-27-28/h2-10H,11H2,1H3. The van der Waals surface area contributed by atoms with Gasteiger partial charge in [0, 0.05) is 11.8 Å². The molecule has 4 aromatic rings. The van der Waals surface area contributed by atoms with Crippen LogP contribution in [0.15, 0.2) is 64.2 Å². The Bertz CT molecular complexity index is 1490. The first-order valence-corrected chi connectivity index (χ1v) is 9.43. The first-order chi connectivity index (χ1) is 15.6. The summed E-state index contributed by atoms with van der Waals surface area (Å²) in [5.41, 5.74) is -2.39. The predicted octanol–water partition coefficient (Wildman–Crippen LogP) is 2.48. The summed E-state index contributed by atoms with van der Waals surface area (Å²) in [7, 11) is 0. The first-order valence-electron chi connectivity index (χ1n) is 9.43. The van der Waals surface area contributed by atoms with Gasteiger partial charge < -0.3 is 4.74 Å². The van der Waals surface area contributed by atoms with Crippen molar-refractivity contribution in [3.63, 3.8) is 0 Å². The zero-order chi connectivity index (χ0) is 23.8. The Kier molecular flexibility index (Phi) is 5.50. The summed E-state index contributed by atoms with van der Waals surface area (Å²) < 4.78 is 46.0. The van der Waals surface area contributed by atoms with Gasteiger partial charge in [0.2, 0.25) is 11.1 Å². The number of hydrogen-bond donors (Lipinski definition) is 0. The minimum atomic E-state index is -4.58. The van der Waals surface area contributed by atoms with Gasteiger partial charge in [-0.25, -0.2) is 9.48 Å². The zero-order valence-electron chi connectivity index (χ0n) is 16.9. The highest BCUT2D eigenvalue weighted by Gasteiger charge is 2.30. The molecule has 0 radical (unpaired) electrons. The molecular formula is C21H14F3N5O4. The van der Waals surface area contributed by atoms with Crippen LogP contribution in [-0.2, 0) is 17.6 Å². The second kappa shape index (κ2) is 8.30. The molecule has 2 heterocycles. The fraction of sp³-hybridized carbons (Fsp3) is 0.143. The highest BCUT2D eigenvalue weighted by atomic mass is 19.4. The first kappa shape index (κ1) is 21.9. The number of aromatic nitrogens is 5. The molecule has 0 unspecified atom stereocenters. The van der Waals surface area contributed by atoms with E-state index in [9.17, 15) is 27.6 Å². The molecule has 0 aliphatic rings. The number of hydrogen-bond acceptors (Lipinski definition) is 7. The average molecular weight is 457 g/mol. The molecule has 2 aromatic carbocycles. The molecule has 0 fully saturated rings. The number of carbonyl (C=O) groups is 1. The number of halogens is 3. The lowest BCUT2D eigenvalue weighted by atomic mass is 10.2. The van der Waals surface area contributed by atoms with E-state index >= 15 is 0 Å². The smallest absolute Gasteiger partial charge is 0.416 e. The van der Waals surface area contributed by atoms with Crippen LogP contribution in [-0.4, -0.2) is 30.7 Å². The van der Waals surface area contributed by atoms with E-state index in [2.05, 4.69) is 15.4 Å². The van der Waals surface area contributed by atoms with E-state index in [1.54, 1.807) is 18.2 Å². The Morgan fingerprint density at radius 3 is 2.58 bits per heavy atom. The second-order valence-electron chi connectivity index (χ2n) is 6.93. The second-order valence-corrected chi connectivity index (χ2v) is 6.93. The van der Waals surface area contributed by atoms with Gasteiger partial charge in [-0.2, -0.15) is 23.0 Å². The summed E-state index contributed by atoms with van der Waals surface area (Å²) in [5.74, 6) is -1.18. The van der Waals surface area contributed by atoms with E-state index in [0.717, 1.165) is 27.6 Å². The van der Waals surface area contributed by atoms with Crippen LogP contribution in [0.1, 0.15) is 21.7 Å². The molecule has 9 nitrogen and oxygen atoms in total. The van der Waals surface area contributed by atoms with Crippen LogP contribution in [0.4, 0.5) is 13.2 Å². The lowest BCUT2D eigenvalue weighted by molar-refractivity contribution is -0.137. The van der Waals surface area contributed by atoms with Gasteiger partial charge in [0.1, 0.15) is 5.52 Å². The summed E-state index contributed by atoms with van der Waals surface area (Å²) >= 11 is 0. The van der Waals surface area contributed by atoms with E-state index in [1.807, 2.05) is 0 Å². The third-order valence-corrected chi connectivity index (χ3v) is 4.67. The number of rotatable bonds is 4. The van der Waals surface area contributed by atoms with Gasteiger partial charge in [0.25, 0.3) is 5.56 Å². The predicted molar refractivity (Wildman–Crippen MR) is 109 cm³/mol. The quantitative estimate of drug-likeness (QED) is 0.433. The number of ether oxygens (including phenoxy) is 1. The Balaban J connectivity index is 1.64. The van der Waals surface area contributed by atoms with Crippen molar-refractivity contribution in [1.82, 2.24) is 24.8 Å². The maximum atomic E-state index is 13.1. The molecule has 0 amide bonds. The van der Waals surface area contributed by atoms with Crippen LogP contribution in [0, 0.1) is 6.92 Å². The van der Waals surface area contributed by atoms with Gasteiger partial charge in [-0.1, -0.05) is 23.4 Å². The maximum absolute atomic E-state index is 13.1. The van der Waals surface area contributed by atoms with Crippen molar-refractivity contribution in [3.05, 3.63) is 92.1 Å². The summed E-state index contributed by atoms with van der Waals surface area (Å²) in [5, 5.41) is 11.7. The summed E-state index contributed by atoms with van der Waals surface area (Å²) in [6.45, 7) is 0.808. The van der Waals surface area contributed by atoms with Gasteiger partial charge in [0.15, 0.2) is 6.73 Å². The number of esters is 1. The molecule has 0 bridgehead atoms. The highest BCUT2D eigenvalue weighted by molar-refractivity contribution is 5.86. The molecule has 0 aliphatic heterocycles. The fourth-order valence-corrected chi connectivity index (χ4v) is 3.06. The molecule has 33 heavy (non-hydrogen) atoms. The summed E-state index contributed by atoms with van der Waals surface area (Å²) in [6.07, 6.45) is -4.58. The van der Waals surface area contributed by atoms with Crippen molar-refractivity contribution < 1.29 is 22.7 Å². The average Bonchev–Trinajstić information content (AvgIpc) is 2.78. The van der Waals surface area contributed by atoms with Gasteiger partial charge in [0.05, 0.1) is 16.6 Å². The Morgan fingerprint density at radius 2 is 1.82 bits per heavy atom. The molecule has 2 aromatic heterocycles. The SMILES string of the molecule is Cc1cc(=O)c(C(=O)OCn2nnc3ccccc3c2=O)nn1-c1cccc(C(F)(F)F)c1. The van der Waals surface area contributed by atoms with Crippen LogP contribution >= 0.6 is 0 Å². The lowest BCUT2D eigenvalue weighted by Crippen LogP contribution is -2.29. The van der Waals surface area contributed by atoms with E-state index in [0.29, 0.717) is 5.52 Å². The van der Waals surface area contributed by atoms with Crippen molar-refractivity contribution in [2.24, 2.45) is 0 Å². The molecule has 12 heteroatoms. The highest BCUT2D eigenvalue weighted by Crippen LogP contribution is 2.30. The largest absolute Gasteiger partial charge is 0.437 e. The van der Waals surface area contributed by atoms with Gasteiger partial charge in [-0.15, -0.1) is 5.10 Å². The molecule has 0 spiro atoms. The number of fused-ring (bicyclic) bond motifs is 1. The molecule has 0 atom stereocenters. The van der Waals surface area contributed by atoms with Gasteiger partial charge >= 0.3 is 12.1 Å². The molecule has 0 saturated carbocycles. The van der Waals surface area contributed by atoms with Crippen molar-refractivity contribution in [3.8, 4) is 5.69 Å². The van der Waals surface area contributed by atoms with Gasteiger partial charge in [-0.3, -0.25) is 9.59 Å². The molecular weight excluding hydrogens is 443 g/mol. The number of aryl methyl sites for hydroxylation is 1. The van der Waals surface area contributed by atoms with E-state index < -0.39 is 41.1 Å². The minimum absolute atomic E-state index is 0.00649. The van der Waals surface area contributed by atoms with E-state index in [-0.39, 0.29) is 16.8 Å². The van der Waals surface area contributed by atoms with Crippen LogP contribution in [0.5, 0.6) is 0 Å². The molecule has 0 aliphatic carbocycles. The maximum Gasteiger partial charge on any atom is 0.416 e. The Hall–Kier alpha value is -4.35. The Morgan fingerprint density at radius 1 is 1.06 bits per heavy atom. The Labute approximate surface area is 182 Å².